The predicted molar refractivity (Wildman–Crippen MR) is 83.3 cm³/mol. The first-order valence-corrected chi connectivity index (χ1v) is 7.21. The lowest BCUT2D eigenvalue weighted by atomic mass is 9.92. The molecule has 1 aromatic heterocycles. The molecule has 0 radical (unpaired) electrons. The molecule has 20 heavy (non-hydrogen) atoms. The summed E-state index contributed by atoms with van der Waals surface area (Å²) in [5.74, 6) is 0.0978. The Labute approximate surface area is 122 Å². The van der Waals surface area contributed by atoms with E-state index in [1.807, 2.05) is 0 Å². The molecule has 0 saturated carbocycles. The highest BCUT2D eigenvalue weighted by molar-refractivity contribution is 5.39. The Balaban J connectivity index is 2.65. The second kappa shape index (κ2) is 6.53. The molecule has 4 heteroatoms. The monoisotopic (exact) mass is 281 g/mol. The maximum atomic E-state index is 14.3. The summed E-state index contributed by atoms with van der Waals surface area (Å²) in [5, 5.41) is 6.38. The number of hydrogen-bond acceptors (Lipinski definition) is 3. The number of aromatic nitrogens is 1. The van der Waals surface area contributed by atoms with Crippen molar-refractivity contribution in [3.63, 3.8) is 0 Å². The van der Waals surface area contributed by atoms with Crippen LogP contribution in [0.2, 0.25) is 0 Å². The number of nitrogens with one attached hydrogen (secondary N) is 2. The topological polar surface area (TPSA) is 37.0 Å². The maximum Gasteiger partial charge on any atom is 0.169 e. The van der Waals surface area contributed by atoms with Gasteiger partial charge in [-0.2, -0.15) is 0 Å². The van der Waals surface area contributed by atoms with Crippen molar-refractivity contribution in [3.05, 3.63) is 23.6 Å². The Hall–Kier alpha value is -1.16. The normalized spacial score (nSPS) is 12.6. The molecule has 0 aromatic carbocycles. The molecule has 0 atom stereocenters. The van der Waals surface area contributed by atoms with Gasteiger partial charge in [-0.15, -0.1) is 0 Å². The zero-order valence-electron chi connectivity index (χ0n) is 13.6. The lowest BCUT2D eigenvalue weighted by molar-refractivity contribution is 0.389. The van der Waals surface area contributed by atoms with Gasteiger partial charge in [-0.05, 0) is 38.7 Å². The SMILES string of the molecule is CC(C)(C)CCNc1nccc(CNC(C)(C)C)c1F. The molecule has 114 valence electrons. The highest BCUT2D eigenvalue weighted by atomic mass is 19.1. The Bertz CT molecular complexity index is 430. The van der Waals surface area contributed by atoms with E-state index in [0.717, 1.165) is 13.0 Å². The fraction of sp³-hybridized carbons (Fsp3) is 0.688. The molecule has 0 aliphatic carbocycles. The van der Waals surface area contributed by atoms with Crippen LogP contribution in [0.4, 0.5) is 10.2 Å². The fourth-order valence-electron chi connectivity index (χ4n) is 1.66. The third kappa shape index (κ3) is 6.33. The molecule has 1 heterocycles. The van der Waals surface area contributed by atoms with Gasteiger partial charge in [0.15, 0.2) is 11.6 Å². The van der Waals surface area contributed by atoms with Gasteiger partial charge in [-0.3, -0.25) is 0 Å². The summed E-state index contributed by atoms with van der Waals surface area (Å²) < 4.78 is 14.3. The first-order valence-electron chi connectivity index (χ1n) is 7.21. The summed E-state index contributed by atoms with van der Waals surface area (Å²) in [7, 11) is 0. The van der Waals surface area contributed by atoms with Crippen molar-refractivity contribution in [2.24, 2.45) is 5.41 Å². The van der Waals surface area contributed by atoms with Crippen LogP contribution in [0.15, 0.2) is 12.3 Å². The molecule has 0 saturated heterocycles. The largest absolute Gasteiger partial charge is 0.368 e. The van der Waals surface area contributed by atoms with E-state index in [1.165, 1.54) is 0 Å². The zero-order chi connectivity index (χ0) is 15.4. The van der Waals surface area contributed by atoms with Crippen molar-refractivity contribution in [2.45, 2.75) is 60.0 Å². The Morgan fingerprint density at radius 1 is 1.15 bits per heavy atom. The minimum absolute atomic E-state index is 0.0322. The van der Waals surface area contributed by atoms with E-state index in [9.17, 15) is 4.39 Å². The number of pyridine rings is 1. The van der Waals surface area contributed by atoms with Crippen molar-refractivity contribution in [1.29, 1.82) is 0 Å². The molecule has 0 spiro atoms. The summed E-state index contributed by atoms with van der Waals surface area (Å²) in [4.78, 5) is 4.09. The number of nitrogens with zero attached hydrogens (tertiary/aromatic N) is 1. The first-order chi connectivity index (χ1) is 9.08. The van der Waals surface area contributed by atoms with E-state index in [4.69, 9.17) is 0 Å². The van der Waals surface area contributed by atoms with E-state index >= 15 is 0 Å². The van der Waals surface area contributed by atoms with Crippen molar-refractivity contribution in [1.82, 2.24) is 10.3 Å². The molecule has 0 bridgehead atoms. The van der Waals surface area contributed by atoms with Crippen LogP contribution in [-0.4, -0.2) is 17.1 Å². The predicted octanol–water partition coefficient (Wildman–Crippen LogP) is 3.96. The number of halogens is 1. The van der Waals surface area contributed by atoms with Gasteiger partial charge < -0.3 is 10.6 Å². The van der Waals surface area contributed by atoms with Gasteiger partial charge in [0.25, 0.3) is 0 Å². The van der Waals surface area contributed by atoms with E-state index < -0.39 is 0 Å². The molecule has 1 rings (SSSR count). The fourth-order valence-corrected chi connectivity index (χ4v) is 1.66. The van der Waals surface area contributed by atoms with Crippen LogP contribution in [0, 0.1) is 11.2 Å². The van der Waals surface area contributed by atoms with E-state index in [-0.39, 0.29) is 16.8 Å². The lowest BCUT2D eigenvalue weighted by Crippen LogP contribution is -2.35. The standard InChI is InChI=1S/C16H28FN3/c1-15(2,3)8-10-19-14-13(17)12(7-9-18-14)11-20-16(4,5)6/h7,9,20H,8,10-11H2,1-6H3,(H,18,19). The van der Waals surface area contributed by atoms with Gasteiger partial charge in [0.2, 0.25) is 0 Å². The molecular formula is C16H28FN3. The summed E-state index contributed by atoms with van der Waals surface area (Å²) in [6.07, 6.45) is 2.63. The Kier molecular flexibility index (Phi) is 5.51. The van der Waals surface area contributed by atoms with E-state index in [0.29, 0.717) is 17.9 Å². The van der Waals surface area contributed by atoms with Crippen molar-refractivity contribution in [3.8, 4) is 0 Å². The second-order valence-corrected chi connectivity index (χ2v) is 7.47. The zero-order valence-corrected chi connectivity index (χ0v) is 13.6. The van der Waals surface area contributed by atoms with Crippen LogP contribution in [0.5, 0.6) is 0 Å². The van der Waals surface area contributed by atoms with Gasteiger partial charge in [0.1, 0.15) is 0 Å². The minimum Gasteiger partial charge on any atom is -0.368 e. The van der Waals surface area contributed by atoms with Crippen LogP contribution in [0.25, 0.3) is 0 Å². The maximum absolute atomic E-state index is 14.3. The minimum atomic E-state index is -0.252. The van der Waals surface area contributed by atoms with Crippen LogP contribution >= 0.6 is 0 Å². The molecule has 0 aliphatic heterocycles. The van der Waals surface area contributed by atoms with Crippen LogP contribution in [-0.2, 0) is 6.54 Å². The van der Waals surface area contributed by atoms with Gasteiger partial charge in [0.05, 0.1) is 0 Å². The van der Waals surface area contributed by atoms with Crippen molar-refractivity contribution >= 4 is 5.82 Å². The molecule has 0 fully saturated rings. The van der Waals surface area contributed by atoms with Gasteiger partial charge in [-0.25, -0.2) is 9.37 Å². The molecule has 0 aliphatic rings. The van der Waals surface area contributed by atoms with Crippen LogP contribution < -0.4 is 10.6 Å². The molecule has 2 N–H and O–H groups in total. The molecule has 3 nitrogen and oxygen atoms in total. The number of anilines is 1. The molecule has 0 amide bonds. The smallest absolute Gasteiger partial charge is 0.169 e. The van der Waals surface area contributed by atoms with E-state index in [1.54, 1.807) is 12.3 Å². The van der Waals surface area contributed by atoms with Gasteiger partial charge >= 0.3 is 0 Å². The van der Waals surface area contributed by atoms with Crippen molar-refractivity contribution in [2.75, 3.05) is 11.9 Å². The highest BCUT2D eigenvalue weighted by Crippen LogP contribution is 2.20. The molecule has 0 unspecified atom stereocenters. The lowest BCUT2D eigenvalue weighted by Gasteiger charge is -2.21. The average Bonchev–Trinajstić information content (AvgIpc) is 2.27. The van der Waals surface area contributed by atoms with Crippen molar-refractivity contribution < 1.29 is 4.39 Å². The third-order valence-corrected chi connectivity index (χ3v) is 2.95. The van der Waals surface area contributed by atoms with Crippen LogP contribution in [0.3, 0.4) is 0 Å². The quantitative estimate of drug-likeness (QED) is 0.858. The first kappa shape index (κ1) is 16.9. The highest BCUT2D eigenvalue weighted by Gasteiger charge is 2.14. The van der Waals surface area contributed by atoms with Gasteiger partial charge in [0, 0.05) is 30.4 Å². The number of hydrogen-bond donors (Lipinski definition) is 2. The second-order valence-electron chi connectivity index (χ2n) is 7.47. The average molecular weight is 281 g/mol. The Morgan fingerprint density at radius 2 is 1.80 bits per heavy atom. The summed E-state index contributed by atoms with van der Waals surface area (Å²) >= 11 is 0. The third-order valence-electron chi connectivity index (χ3n) is 2.95. The number of rotatable bonds is 5. The van der Waals surface area contributed by atoms with Gasteiger partial charge in [-0.1, -0.05) is 20.8 Å². The molecule has 1 aromatic rings. The van der Waals surface area contributed by atoms with E-state index in [2.05, 4.69) is 57.2 Å². The Morgan fingerprint density at radius 3 is 2.35 bits per heavy atom. The summed E-state index contributed by atoms with van der Waals surface area (Å²) in [6.45, 7) is 13.9. The molecular weight excluding hydrogens is 253 g/mol. The summed E-state index contributed by atoms with van der Waals surface area (Å²) in [5.41, 5.74) is 0.845. The summed E-state index contributed by atoms with van der Waals surface area (Å²) in [6, 6.07) is 1.73. The van der Waals surface area contributed by atoms with Crippen LogP contribution in [0.1, 0.15) is 53.5 Å².